The molecule has 1 heterocycles. The highest BCUT2D eigenvalue weighted by molar-refractivity contribution is 5.32. The number of nitrogens with two attached hydrogens (primary N) is 1. The van der Waals surface area contributed by atoms with Gasteiger partial charge in [0.25, 0.3) is 0 Å². The molecule has 0 spiro atoms. The molecule has 0 aromatic heterocycles. The summed E-state index contributed by atoms with van der Waals surface area (Å²) in [6, 6.07) is 8.18. The number of hydrogen-bond donors (Lipinski definition) is 2. The fourth-order valence-corrected chi connectivity index (χ4v) is 2.63. The van der Waals surface area contributed by atoms with E-state index >= 15 is 0 Å². The van der Waals surface area contributed by atoms with Crippen LogP contribution in [0.2, 0.25) is 0 Å². The monoisotopic (exact) mass is 234 g/mol. The zero-order valence-corrected chi connectivity index (χ0v) is 10.5. The van der Waals surface area contributed by atoms with E-state index < -0.39 is 6.10 Å². The summed E-state index contributed by atoms with van der Waals surface area (Å²) in [5, 5.41) is 9.96. The van der Waals surface area contributed by atoms with Crippen molar-refractivity contribution < 1.29 is 5.11 Å². The van der Waals surface area contributed by atoms with Crippen LogP contribution < -0.4 is 5.73 Å². The molecule has 1 atom stereocenters. The Morgan fingerprint density at radius 2 is 2.00 bits per heavy atom. The molecule has 1 fully saturated rings. The third kappa shape index (κ3) is 2.86. The smallest absolute Gasteiger partial charge is 0.0914 e. The third-order valence-corrected chi connectivity index (χ3v) is 3.74. The fourth-order valence-electron chi connectivity index (χ4n) is 2.63. The Hall–Kier alpha value is -0.900. The van der Waals surface area contributed by atoms with E-state index in [2.05, 4.69) is 24.1 Å². The van der Waals surface area contributed by atoms with Crippen LogP contribution in [0.4, 0.5) is 0 Å². The molecule has 1 saturated heterocycles. The normalized spacial score (nSPS) is 20.4. The Morgan fingerprint density at radius 1 is 1.35 bits per heavy atom. The van der Waals surface area contributed by atoms with Crippen molar-refractivity contribution in [1.29, 1.82) is 0 Å². The van der Waals surface area contributed by atoms with Gasteiger partial charge in [-0.15, -0.1) is 0 Å². The highest BCUT2D eigenvalue weighted by Crippen LogP contribution is 2.32. The van der Waals surface area contributed by atoms with Gasteiger partial charge in [0.15, 0.2) is 0 Å². The summed E-state index contributed by atoms with van der Waals surface area (Å²) >= 11 is 0. The molecule has 94 valence electrons. The molecule has 3 heteroatoms. The van der Waals surface area contributed by atoms with Crippen LogP contribution in [0.25, 0.3) is 0 Å². The molecular formula is C14H22N2O. The second kappa shape index (κ2) is 5.63. The van der Waals surface area contributed by atoms with Gasteiger partial charge in [-0.3, -0.25) is 0 Å². The van der Waals surface area contributed by atoms with Crippen molar-refractivity contribution in [3.05, 3.63) is 35.4 Å². The first-order chi connectivity index (χ1) is 8.22. The van der Waals surface area contributed by atoms with E-state index in [9.17, 15) is 5.11 Å². The Bertz CT molecular complexity index is 359. The first kappa shape index (κ1) is 12.6. The summed E-state index contributed by atoms with van der Waals surface area (Å²) in [6.45, 7) is 2.57. The van der Waals surface area contributed by atoms with Crippen molar-refractivity contribution in [3.63, 3.8) is 0 Å². The molecule has 3 nitrogen and oxygen atoms in total. The molecular weight excluding hydrogens is 212 g/mol. The SMILES string of the molecule is CN1CCC(c2ccccc2C(O)CN)CC1. The highest BCUT2D eigenvalue weighted by atomic mass is 16.3. The number of nitrogens with zero attached hydrogens (tertiary/aromatic N) is 1. The standard InChI is InChI=1S/C14H22N2O/c1-16-8-6-11(7-9-16)12-4-2-3-5-13(12)14(17)10-15/h2-5,11,14,17H,6-10,15H2,1H3. The molecule has 17 heavy (non-hydrogen) atoms. The third-order valence-electron chi connectivity index (χ3n) is 3.74. The van der Waals surface area contributed by atoms with E-state index in [0.29, 0.717) is 12.5 Å². The van der Waals surface area contributed by atoms with Crippen LogP contribution >= 0.6 is 0 Å². The van der Waals surface area contributed by atoms with Gasteiger partial charge in [-0.25, -0.2) is 0 Å². The number of piperidine rings is 1. The number of aliphatic hydroxyl groups excluding tert-OH is 1. The average molecular weight is 234 g/mol. The summed E-state index contributed by atoms with van der Waals surface area (Å²) in [4.78, 5) is 2.36. The van der Waals surface area contributed by atoms with Gasteiger partial charge in [-0.2, -0.15) is 0 Å². The lowest BCUT2D eigenvalue weighted by Gasteiger charge is -2.31. The van der Waals surface area contributed by atoms with Gasteiger partial charge >= 0.3 is 0 Å². The van der Waals surface area contributed by atoms with Crippen LogP contribution in [0.3, 0.4) is 0 Å². The lowest BCUT2D eigenvalue weighted by atomic mass is 9.85. The van der Waals surface area contributed by atoms with Gasteiger partial charge in [0.1, 0.15) is 0 Å². The first-order valence-corrected chi connectivity index (χ1v) is 6.38. The molecule has 0 amide bonds. The molecule has 3 N–H and O–H groups in total. The van der Waals surface area contributed by atoms with Crippen LogP contribution in [-0.4, -0.2) is 36.7 Å². The van der Waals surface area contributed by atoms with Crippen molar-refractivity contribution in [2.45, 2.75) is 24.9 Å². The lowest BCUT2D eigenvalue weighted by molar-refractivity contribution is 0.183. The number of rotatable bonds is 3. The minimum Gasteiger partial charge on any atom is -0.387 e. The highest BCUT2D eigenvalue weighted by Gasteiger charge is 2.22. The van der Waals surface area contributed by atoms with E-state index in [1.807, 2.05) is 12.1 Å². The van der Waals surface area contributed by atoms with Gasteiger partial charge in [-0.1, -0.05) is 24.3 Å². The van der Waals surface area contributed by atoms with Crippen molar-refractivity contribution in [2.24, 2.45) is 5.73 Å². The Morgan fingerprint density at radius 3 is 2.65 bits per heavy atom. The predicted octanol–water partition coefficient (Wildman–Crippen LogP) is 1.49. The number of hydrogen-bond acceptors (Lipinski definition) is 3. The van der Waals surface area contributed by atoms with Gasteiger partial charge in [0.05, 0.1) is 6.10 Å². The van der Waals surface area contributed by atoms with E-state index in [1.54, 1.807) is 0 Å². The van der Waals surface area contributed by atoms with E-state index in [1.165, 1.54) is 18.4 Å². The molecule has 0 aliphatic carbocycles. The van der Waals surface area contributed by atoms with E-state index in [0.717, 1.165) is 18.7 Å². The maximum absolute atomic E-state index is 9.96. The number of benzene rings is 1. The molecule has 0 radical (unpaired) electrons. The van der Waals surface area contributed by atoms with Gasteiger partial charge in [0, 0.05) is 6.54 Å². The minimum absolute atomic E-state index is 0.295. The second-order valence-electron chi connectivity index (χ2n) is 4.96. The first-order valence-electron chi connectivity index (χ1n) is 6.38. The fraction of sp³-hybridized carbons (Fsp3) is 0.571. The Kier molecular flexibility index (Phi) is 4.15. The van der Waals surface area contributed by atoms with Crippen molar-refractivity contribution in [2.75, 3.05) is 26.7 Å². The van der Waals surface area contributed by atoms with Crippen molar-refractivity contribution >= 4 is 0 Å². The topological polar surface area (TPSA) is 49.5 Å². The summed E-state index contributed by atoms with van der Waals surface area (Å²) in [5.74, 6) is 0.573. The maximum atomic E-state index is 9.96. The second-order valence-corrected chi connectivity index (χ2v) is 4.96. The largest absolute Gasteiger partial charge is 0.387 e. The molecule has 1 aliphatic heterocycles. The molecule has 0 bridgehead atoms. The Balaban J connectivity index is 2.19. The zero-order valence-electron chi connectivity index (χ0n) is 10.5. The Labute approximate surface area is 103 Å². The maximum Gasteiger partial charge on any atom is 0.0914 e. The number of aliphatic hydroxyl groups is 1. The molecule has 1 aromatic rings. The average Bonchev–Trinajstić information content (AvgIpc) is 2.39. The molecule has 0 saturated carbocycles. The molecule has 1 unspecified atom stereocenters. The summed E-state index contributed by atoms with van der Waals surface area (Å²) in [5.41, 5.74) is 7.87. The minimum atomic E-state index is -0.522. The van der Waals surface area contributed by atoms with E-state index in [-0.39, 0.29) is 0 Å². The van der Waals surface area contributed by atoms with Crippen LogP contribution in [-0.2, 0) is 0 Å². The van der Waals surface area contributed by atoms with Gasteiger partial charge < -0.3 is 15.7 Å². The number of likely N-dealkylation sites (tertiary alicyclic amines) is 1. The van der Waals surface area contributed by atoms with Crippen LogP contribution in [0.5, 0.6) is 0 Å². The van der Waals surface area contributed by atoms with Gasteiger partial charge in [-0.05, 0) is 50.0 Å². The van der Waals surface area contributed by atoms with Crippen LogP contribution in [0, 0.1) is 0 Å². The van der Waals surface area contributed by atoms with Crippen molar-refractivity contribution in [3.8, 4) is 0 Å². The van der Waals surface area contributed by atoms with Crippen LogP contribution in [0.1, 0.15) is 36.0 Å². The molecule has 1 aromatic carbocycles. The van der Waals surface area contributed by atoms with E-state index in [4.69, 9.17) is 5.73 Å². The van der Waals surface area contributed by atoms with Crippen molar-refractivity contribution in [1.82, 2.24) is 4.90 Å². The van der Waals surface area contributed by atoms with Crippen LogP contribution in [0.15, 0.2) is 24.3 Å². The summed E-state index contributed by atoms with van der Waals surface area (Å²) in [6.07, 6.45) is 1.82. The zero-order chi connectivity index (χ0) is 12.3. The molecule has 1 aliphatic rings. The predicted molar refractivity (Wildman–Crippen MR) is 69.9 cm³/mol. The summed E-state index contributed by atoms with van der Waals surface area (Å²) in [7, 11) is 2.16. The summed E-state index contributed by atoms with van der Waals surface area (Å²) < 4.78 is 0. The van der Waals surface area contributed by atoms with Gasteiger partial charge in [0.2, 0.25) is 0 Å². The molecule has 2 rings (SSSR count). The lowest BCUT2D eigenvalue weighted by Crippen LogP contribution is -2.30. The quantitative estimate of drug-likeness (QED) is 0.833.